The maximum absolute atomic E-state index is 10.5. The summed E-state index contributed by atoms with van der Waals surface area (Å²) in [5, 5.41) is 10.5. The molecule has 0 saturated carbocycles. The van der Waals surface area contributed by atoms with Gasteiger partial charge in [0.05, 0.1) is 6.10 Å². The SMILES string of the molecule is CN1C(/C=C/c2ccccc2)CCC[C@@H]1C[C@@H](O)c1ccccc1. The van der Waals surface area contributed by atoms with Gasteiger partial charge >= 0.3 is 0 Å². The van der Waals surface area contributed by atoms with Crippen LogP contribution in [0.4, 0.5) is 0 Å². The van der Waals surface area contributed by atoms with Gasteiger partial charge in [-0.3, -0.25) is 4.90 Å². The summed E-state index contributed by atoms with van der Waals surface area (Å²) >= 11 is 0. The monoisotopic (exact) mass is 321 g/mol. The minimum Gasteiger partial charge on any atom is -0.388 e. The van der Waals surface area contributed by atoms with Gasteiger partial charge in [-0.15, -0.1) is 0 Å². The third-order valence-electron chi connectivity index (χ3n) is 5.13. The summed E-state index contributed by atoms with van der Waals surface area (Å²) in [4.78, 5) is 2.44. The average Bonchev–Trinajstić information content (AvgIpc) is 2.64. The molecule has 2 heteroatoms. The molecule has 0 bridgehead atoms. The van der Waals surface area contributed by atoms with E-state index in [2.05, 4.69) is 48.4 Å². The van der Waals surface area contributed by atoms with Crippen molar-refractivity contribution in [3.05, 3.63) is 77.9 Å². The van der Waals surface area contributed by atoms with Crippen LogP contribution in [0.1, 0.15) is 42.9 Å². The Balaban J connectivity index is 1.62. The van der Waals surface area contributed by atoms with Gasteiger partial charge in [-0.1, -0.05) is 79.2 Å². The fourth-order valence-corrected chi connectivity index (χ4v) is 3.61. The molecule has 3 atom stereocenters. The minimum absolute atomic E-state index is 0.379. The second-order valence-electron chi connectivity index (χ2n) is 6.75. The summed E-state index contributed by atoms with van der Waals surface area (Å²) in [6.45, 7) is 0. The molecule has 2 nitrogen and oxygen atoms in total. The number of benzene rings is 2. The van der Waals surface area contributed by atoms with Crippen LogP contribution in [0.25, 0.3) is 6.08 Å². The van der Waals surface area contributed by atoms with Gasteiger partial charge in [-0.05, 0) is 37.4 Å². The third kappa shape index (κ3) is 4.34. The number of likely N-dealkylation sites (N-methyl/N-ethyl adjacent to an activating group) is 1. The van der Waals surface area contributed by atoms with Crippen molar-refractivity contribution in [2.24, 2.45) is 0 Å². The first kappa shape index (κ1) is 16.9. The first-order chi connectivity index (χ1) is 11.7. The van der Waals surface area contributed by atoms with Crippen LogP contribution >= 0.6 is 0 Å². The molecule has 3 rings (SSSR count). The van der Waals surface area contributed by atoms with Gasteiger partial charge in [0.15, 0.2) is 0 Å². The quantitative estimate of drug-likeness (QED) is 0.864. The Kier molecular flexibility index (Phi) is 5.84. The van der Waals surface area contributed by atoms with Crippen molar-refractivity contribution in [2.75, 3.05) is 7.05 Å². The lowest BCUT2D eigenvalue weighted by Gasteiger charge is -2.39. The predicted molar refractivity (Wildman–Crippen MR) is 101 cm³/mol. The van der Waals surface area contributed by atoms with Crippen LogP contribution in [-0.2, 0) is 0 Å². The van der Waals surface area contributed by atoms with Crippen LogP contribution in [0.3, 0.4) is 0 Å². The molecule has 0 radical (unpaired) electrons. The molecular formula is C22H27NO. The largest absolute Gasteiger partial charge is 0.388 e. The molecule has 126 valence electrons. The molecule has 2 aromatic carbocycles. The van der Waals surface area contributed by atoms with E-state index in [0.29, 0.717) is 12.1 Å². The molecule has 1 aliphatic heterocycles. The maximum atomic E-state index is 10.5. The van der Waals surface area contributed by atoms with Gasteiger partial charge in [0.25, 0.3) is 0 Å². The minimum atomic E-state index is -0.379. The van der Waals surface area contributed by atoms with E-state index < -0.39 is 0 Å². The zero-order valence-electron chi connectivity index (χ0n) is 14.4. The highest BCUT2D eigenvalue weighted by atomic mass is 16.3. The van der Waals surface area contributed by atoms with Crippen LogP contribution in [0, 0.1) is 0 Å². The number of likely N-dealkylation sites (tertiary alicyclic amines) is 1. The number of piperidine rings is 1. The Hall–Kier alpha value is -1.90. The first-order valence-corrected chi connectivity index (χ1v) is 8.92. The van der Waals surface area contributed by atoms with Gasteiger partial charge in [0.2, 0.25) is 0 Å². The molecule has 24 heavy (non-hydrogen) atoms. The second-order valence-corrected chi connectivity index (χ2v) is 6.75. The topological polar surface area (TPSA) is 23.5 Å². The van der Waals surface area contributed by atoms with Crippen molar-refractivity contribution in [1.29, 1.82) is 0 Å². The molecule has 1 aliphatic rings. The van der Waals surface area contributed by atoms with Gasteiger partial charge < -0.3 is 5.11 Å². The van der Waals surface area contributed by atoms with Crippen LogP contribution < -0.4 is 0 Å². The molecule has 0 aromatic heterocycles. The second kappa shape index (κ2) is 8.27. The Labute approximate surface area is 145 Å². The fraction of sp³-hybridized carbons (Fsp3) is 0.364. The molecule has 1 N–H and O–H groups in total. The van der Waals surface area contributed by atoms with E-state index in [1.807, 2.05) is 36.4 Å². The number of aliphatic hydroxyl groups is 1. The summed E-state index contributed by atoms with van der Waals surface area (Å²) in [6, 6.07) is 21.4. The number of hydrogen-bond acceptors (Lipinski definition) is 2. The average molecular weight is 321 g/mol. The van der Waals surface area contributed by atoms with Crippen molar-refractivity contribution in [1.82, 2.24) is 4.90 Å². The smallest absolute Gasteiger partial charge is 0.0805 e. The standard InChI is InChI=1S/C22H27NO/c1-23-20(16-15-18-9-4-2-5-10-18)13-8-14-21(23)17-22(24)19-11-6-3-7-12-19/h2-7,9-12,15-16,20-22,24H,8,13-14,17H2,1H3/b16-15+/t20?,21-,22-/m1/s1. The van der Waals surface area contributed by atoms with Crippen molar-refractivity contribution >= 4 is 6.08 Å². The lowest BCUT2D eigenvalue weighted by Crippen LogP contribution is -2.43. The number of rotatable bonds is 5. The first-order valence-electron chi connectivity index (χ1n) is 8.92. The number of aliphatic hydroxyl groups excluding tert-OH is 1. The highest BCUT2D eigenvalue weighted by Gasteiger charge is 2.27. The number of hydrogen-bond donors (Lipinski definition) is 1. The summed E-state index contributed by atoms with van der Waals surface area (Å²) in [6.07, 6.45) is 8.54. The Morgan fingerprint density at radius 3 is 2.42 bits per heavy atom. The zero-order chi connectivity index (χ0) is 16.8. The van der Waals surface area contributed by atoms with Crippen molar-refractivity contribution in [3.8, 4) is 0 Å². The predicted octanol–water partition coefficient (Wildman–Crippen LogP) is 4.68. The van der Waals surface area contributed by atoms with Crippen LogP contribution in [0.2, 0.25) is 0 Å². The van der Waals surface area contributed by atoms with Crippen LogP contribution in [-0.4, -0.2) is 29.1 Å². The van der Waals surface area contributed by atoms with E-state index in [0.717, 1.165) is 18.4 Å². The summed E-state index contributed by atoms with van der Waals surface area (Å²) in [5.41, 5.74) is 2.27. The Morgan fingerprint density at radius 1 is 1.04 bits per heavy atom. The van der Waals surface area contributed by atoms with Crippen molar-refractivity contribution < 1.29 is 5.11 Å². The van der Waals surface area contributed by atoms with Crippen LogP contribution in [0.5, 0.6) is 0 Å². The molecule has 0 amide bonds. The van der Waals surface area contributed by atoms with Gasteiger partial charge in [0.1, 0.15) is 0 Å². The fourth-order valence-electron chi connectivity index (χ4n) is 3.61. The molecule has 1 saturated heterocycles. The van der Waals surface area contributed by atoms with Crippen LogP contribution in [0.15, 0.2) is 66.7 Å². The van der Waals surface area contributed by atoms with E-state index in [1.54, 1.807) is 0 Å². The van der Waals surface area contributed by atoms with Gasteiger partial charge in [-0.2, -0.15) is 0 Å². The molecule has 1 unspecified atom stereocenters. The van der Waals surface area contributed by atoms with E-state index in [1.165, 1.54) is 18.4 Å². The van der Waals surface area contributed by atoms with E-state index in [9.17, 15) is 5.11 Å². The molecule has 1 fully saturated rings. The van der Waals surface area contributed by atoms with Gasteiger partial charge in [0, 0.05) is 12.1 Å². The molecule has 0 spiro atoms. The Morgan fingerprint density at radius 2 is 1.71 bits per heavy atom. The molecule has 2 aromatic rings. The van der Waals surface area contributed by atoms with Crippen molar-refractivity contribution in [3.63, 3.8) is 0 Å². The lowest BCUT2D eigenvalue weighted by atomic mass is 9.90. The van der Waals surface area contributed by atoms with E-state index in [4.69, 9.17) is 0 Å². The van der Waals surface area contributed by atoms with Crippen molar-refractivity contribution in [2.45, 2.75) is 43.9 Å². The zero-order valence-corrected chi connectivity index (χ0v) is 14.4. The van der Waals surface area contributed by atoms with E-state index in [-0.39, 0.29) is 6.10 Å². The third-order valence-corrected chi connectivity index (χ3v) is 5.13. The lowest BCUT2D eigenvalue weighted by molar-refractivity contribution is 0.0762. The number of nitrogens with zero attached hydrogens (tertiary/aromatic N) is 1. The molecule has 0 aliphatic carbocycles. The van der Waals surface area contributed by atoms with Gasteiger partial charge in [-0.25, -0.2) is 0 Å². The summed E-state index contributed by atoms with van der Waals surface area (Å²) in [5.74, 6) is 0. The summed E-state index contributed by atoms with van der Waals surface area (Å²) in [7, 11) is 2.20. The Bertz CT molecular complexity index is 638. The van der Waals surface area contributed by atoms with E-state index >= 15 is 0 Å². The molecular weight excluding hydrogens is 294 g/mol. The highest BCUT2D eigenvalue weighted by Crippen LogP contribution is 2.29. The maximum Gasteiger partial charge on any atom is 0.0805 e. The molecule has 1 heterocycles. The summed E-state index contributed by atoms with van der Waals surface area (Å²) < 4.78 is 0. The normalized spacial score (nSPS) is 23.4. The highest BCUT2D eigenvalue weighted by molar-refractivity contribution is 5.49.